The number of amides is 2. The molecule has 13 nitrogen and oxygen atoms in total. The second-order valence-electron chi connectivity index (χ2n) is 11.4. The number of ether oxygens (including phenoxy) is 2. The zero-order valence-electron chi connectivity index (χ0n) is 27.5. The lowest BCUT2D eigenvalue weighted by molar-refractivity contribution is 0.0592. The van der Waals surface area contributed by atoms with E-state index in [4.69, 9.17) is 9.47 Å². The van der Waals surface area contributed by atoms with Crippen LogP contribution in [0.4, 0.5) is 27.5 Å². The average molecular weight is 739 g/mol. The topological polar surface area (TPSA) is 186 Å². The fourth-order valence-electron chi connectivity index (χ4n) is 5.32. The number of nitrogens with one attached hydrogen (secondary N) is 4. The maximum absolute atomic E-state index is 13.2. The minimum absolute atomic E-state index is 0.0347. The van der Waals surface area contributed by atoms with Crippen LogP contribution in [0.3, 0.4) is 0 Å². The first-order valence-corrected chi connectivity index (χ1v) is 18.4. The quantitative estimate of drug-likeness (QED) is 0.110. The van der Waals surface area contributed by atoms with Gasteiger partial charge in [-0.15, -0.1) is 0 Å². The Labute approximate surface area is 298 Å². The molecule has 15 heteroatoms. The van der Waals surface area contributed by atoms with Crippen molar-refractivity contribution in [3.8, 4) is 0 Å². The Morgan fingerprint density at radius 2 is 0.865 bits per heavy atom. The summed E-state index contributed by atoms with van der Waals surface area (Å²) in [6.45, 7) is 0. The van der Waals surface area contributed by atoms with Crippen LogP contribution < -0.4 is 20.1 Å². The van der Waals surface area contributed by atoms with Gasteiger partial charge in [0.25, 0.3) is 20.0 Å². The second-order valence-corrected chi connectivity index (χ2v) is 14.7. The van der Waals surface area contributed by atoms with Crippen molar-refractivity contribution in [3.05, 3.63) is 132 Å². The van der Waals surface area contributed by atoms with Crippen molar-refractivity contribution >= 4 is 82.3 Å². The number of benzene rings is 6. The molecule has 0 aliphatic rings. The molecule has 4 N–H and O–H groups in total. The predicted molar refractivity (Wildman–Crippen MR) is 198 cm³/mol. The summed E-state index contributed by atoms with van der Waals surface area (Å²) in [6.07, 6.45) is 0. The van der Waals surface area contributed by atoms with Gasteiger partial charge >= 0.3 is 18.0 Å². The van der Waals surface area contributed by atoms with Crippen LogP contribution in [0.15, 0.2) is 131 Å². The molecule has 0 saturated carbocycles. The zero-order chi connectivity index (χ0) is 37.0. The van der Waals surface area contributed by atoms with Crippen LogP contribution in [0.25, 0.3) is 21.5 Å². The van der Waals surface area contributed by atoms with E-state index in [1.54, 1.807) is 48.5 Å². The van der Waals surface area contributed by atoms with Gasteiger partial charge in [0.15, 0.2) is 0 Å². The number of carbonyl (C=O) groups excluding carboxylic acids is 3. The third kappa shape index (κ3) is 7.96. The molecule has 6 aromatic carbocycles. The second kappa shape index (κ2) is 14.4. The van der Waals surface area contributed by atoms with E-state index in [0.29, 0.717) is 22.1 Å². The van der Waals surface area contributed by atoms with Gasteiger partial charge in [0.05, 0.1) is 35.1 Å². The highest BCUT2D eigenvalue weighted by molar-refractivity contribution is 7.93. The lowest BCUT2D eigenvalue weighted by Crippen LogP contribution is -2.19. The van der Waals surface area contributed by atoms with E-state index in [1.165, 1.54) is 87.0 Å². The highest BCUT2D eigenvalue weighted by atomic mass is 32.2. The normalized spacial score (nSPS) is 11.4. The van der Waals surface area contributed by atoms with Crippen molar-refractivity contribution in [1.82, 2.24) is 0 Å². The summed E-state index contributed by atoms with van der Waals surface area (Å²) in [4.78, 5) is 36.7. The number of hydrogen-bond donors (Lipinski definition) is 4. The maximum atomic E-state index is 13.2. The molecule has 0 fully saturated rings. The number of urea groups is 1. The number of fused-ring (bicyclic) bond motifs is 2. The van der Waals surface area contributed by atoms with Crippen molar-refractivity contribution in [2.75, 3.05) is 34.3 Å². The predicted octanol–water partition coefficient (Wildman–Crippen LogP) is 6.81. The fourth-order valence-corrected chi connectivity index (χ4v) is 7.48. The van der Waals surface area contributed by atoms with Gasteiger partial charge in [0.1, 0.15) is 0 Å². The first kappa shape index (κ1) is 35.4. The highest BCUT2D eigenvalue weighted by Crippen LogP contribution is 2.27. The van der Waals surface area contributed by atoms with Crippen LogP contribution >= 0.6 is 0 Å². The Hall–Kier alpha value is -6.45. The molecule has 0 unspecified atom stereocenters. The molecule has 0 radical (unpaired) electrons. The molecular weight excluding hydrogens is 709 g/mol. The lowest BCUT2D eigenvalue weighted by atomic mass is 10.1. The number of sulfonamides is 2. The van der Waals surface area contributed by atoms with Gasteiger partial charge in [-0.2, -0.15) is 0 Å². The average Bonchev–Trinajstić information content (AvgIpc) is 3.13. The summed E-state index contributed by atoms with van der Waals surface area (Å²) in [5, 5.41) is 7.99. The molecule has 264 valence electrons. The van der Waals surface area contributed by atoms with Gasteiger partial charge in [0.2, 0.25) is 0 Å². The number of hydrogen-bond acceptors (Lipinski definition) is 9. The molecule has 0 atom stereocenters. The number of rotatable bonds is 10. The van der Waals surface area contributed by atoms with Crippen molar-refractivity contribution in [2.24, 2.45) is 0 Å². The summed E-state index contributed by atoms with van der Waals surface area (Å²) < 4.78 is 67.1. The highest BCUT2D eigenvalue weighted by Gasteiger charge is 2.18. The Morgan fingerprint density at radius 3 is 1.27 bits per heavy atom. The molecule has 52 heavy (non-hydrogen) atoms. The largest absolute Gasteiger partial charge is 0.465 e. The van der Waals surface area contributed by atoms with Crippen LogP contribution in [0.1, 0.15) is 20.7 Å². The maximum Gasteiger partial charge on any atom is 0.337 e. The van der Waals surface area contributed by atoms with E-state index in [2.05, 4.69) is 20.1 Å². The van der Waals surface area contributed by atoms with Crippen molar-refractivity contribution < 1.29 is 40.7 Å². The molecule has 0 spiro atoms. The van der Waals surface area contributed by atoms with Crippen LogP contribution in [0, 0.1) is 0 Å². The van der Waals surface area contributed by atoms with Crippen LogP contribution in [0.5, 0.6) is 0 Å². The number of esters is 2. The van der Waals surface area contributed by atoms with E-state index in [0.717, 1.165) is 10.8 Å². The van der Waals surface area contributed by atoms with Gasteiger partial charge in [0, 0.05) is 22.7 Å². The molecule has 0 aromatic heterocycles. The Bertz CT molecular complexity index is 2430. The van der Waals surface area contributed by atoms with Crippen LogP contribution in [-0.4, -0.2) is 49.0 Å². The molecule has 0 aliphatic carbocycles. The van der Waals surface area contributed by atoms with E-state index in [9.17, 15) is 31.2 Å². The lowest BCUT2D eigenvalue weighted by Gasteiger charge is -2.12. The van der Waals surface area contributed by atoms with Crippen LogP contribution in [0.2, 0.25) is 0 Å². The van der Waals surface area contributed by atoms with Gasteiger partial charge in [-0.1, -0.05) is 36.4 Å². The van der Waals surface area contributed by atoms with E-state index in [1.807, 2.05) is 0 Å². The summed E-state index contributed by atoms with van der Waals surface area (Å²) in [7, 11) is -5.62. The SMILES string of the molecule is COC(=O)c1cccc(NS(=O)(=O)c2ccc3ccc(NC(=O)Nc4ccc5ccc(S(=O)(=O)Nc6cccc(C(=O)OC)c6)cc5c4)cc3c2)c1. The zero-order valence-corrected chi connectivity index (χ0v) is 29.2. The summed E-state index contributed by atoms with van der Waals surface area (Å²) in [6, 6.07) is 30.4. The van der Waals surface area contributed by atoms with E-state index < -0.39 is 38.0 Å². The van der Waals surface area contributed by atoms with Gasteiger partial charge in [-0.25, -0.2) is 31.2 Å². The Balaban J connectivity index is 1.16. The third-order valence-electron chi connectivity index (χ3n) is 7.83. The van der Waals surface area contributed by atoms with E-state index >= 15 is 0 Å². The summed E-state index contributed by atoms with van der Waals surface area (Å²) in [5.74, 6) is -1.21. The first-order valence-electron chi connectivity index (χ1n) is 15.4. The third-order valence-corrected chi connectivity index (χ3v) is 10.6. The molecule has 6 aromatic rings. The van der Waals surface area contributed by atoms with Crippen molar-refractivity contribution in [3.63, 3.8) is 0 Å². The molecule has 0 saturated heterocycles. The Kier molecular flexibility index (Phi) is 9.81. The number of anilines is 4. The van der Waals surface area contributed by atoms with Gasteiger partial charge in [-0.3, -0.25) is 9.44 Å². The smallest absolute Gasteiger partial charge is 0.337 e. The molecule has 2 amide bonds. The molecule has 0 aliphatic heterocycles. The summed E-state index contributed by atoms with van der Waals surface area (Å²) in [5.41, 5.74) is 1.50. The van der Waals surface area contributed by atoms with Gasteiger partial charge in [-0.05, 0) is 106 Å². The minimum Gasteiger partial charge on any atom is -0.465 e. The fraction of sp³-hybridized carbons (Fsp3) is 0.0541. The molecule has 0 heterocycles. The summed E-state index contributed by atoms with van der Waals surface area (Å²) >= 11 is 0. The van der Waals surface area contributed by atoms with Crippen molar-refractivity contribution in [2.45, 2.75) is 9.79 Å². The minimum atomic E-state index is -4.04. The number of methoxy groups -OCH3 is 2. The molecule has 0 bridgehead atoms. The van der Waals surface area contributed by atoms with E-state index in [-0.39, 0.29) is 32.3 Å². The van der Waals surface area contributed by atoms with Gasteiger partial charge < -0.3 is 20.1 Å². The monoisotopic (exact) mass is 738 g/mol. The molecular formula is C37H30N4O9S2. The number of carbonyl (C=O) groups is 3. The standard InChI is InChI=1S/C37H30N4O9S2/c1-49-35(42)25-5-3-7-31(17-25)40-51(45,46)33-15-11-23-9-13-29(19-27(23)21-33)38-37(44)39-30-14-10-24-12-16-34(22-28(24)20-30)52(47,48)41-32-8-4-6-26(18-32)36(43)50-2/h3-22,40-41H,1-2H3,(H2,38,39,44). The molecule has 6 rings (SSSR count). The van der Waals surface area contributed by atoms with Crippen LogP contribution in [-0.2, 0) is 29.5 Å². The Morgan fingerprint density at radius 1 is 0.462 bits per heavy atom. The van der Waals surface area contributed by atoms with Crippen molar-refractivity contribution in [1.29, 1.82) is 0 Å². The first-order chi connectivity index (χ1) is 24.8.